The summed E-state index contributed by atoms with van der Waals surface area (Å²) in [6.45, 7) is 9.62. The number of hydrogen-bond acceptors (Lipinski definition) is 4. The minimum atomic E-state index is -0.125. The molecule has 0 saturated carbocycles. The Morgan fingerprint density at radius 1 is 1.12 bits per heavy atom. The third-order valence-corrected chi connectivity index (χ3v) is 5.67. The summed E-state index contributed by atoms with van der Waals surface area (Å²) in [5.41, 5.74) is 6.95. The Hall–Kier alpha value is -2.88. The number of rotatable bonds is 1. The number of carbonyl (C=O) groups excluding carboxylic acids is 1. The standard InChI is InChI=1S/C22H17N2.C5H8O2.Ir/c1-13-11-14-8-10-24-21-16-6-7-18-15(5-4-9-23-18)20(16)22(2,3)17(12-13)19(14)21;1-4(6)3-5(2)7;/h4-5,7-12H,1-3H3;3,6H,1-2H3;/q-1;;/b;4-3-;. The zero-order valence-corrected chi connectivity index (χ0v) is 21.2. The molecule has 0 bridgehead atoms. The predicted molar refractivity (Wildman–Crippen MR) is 125 cm³/mol. The van der Waals surface area contributed by atoms with Gasteiger partial charge >= 0.3 is 0 Å². The molecular weight excluding hydrogens is 577 g/mol. The van der Waals surface area contributed by atoms with E-state index in [0.717, 1.165) is 16.8 Å². The van der Waals surface area contributed by atoms with Gasteiger partial charge in [0.15, 0.2) is 5.78 Å². The number of aromatic nitrogens is 2. The molecule has 5 heteroatoms. The van der Waals surface area contributed by atoms with Crippen molar-refractivity contribution in [2.24, 2.45) is 0 Å². The van der Waals surface area contributed by atoms with Gasteiger partial charge in [-0.25, -0.2) is 0 Å². The Kier molecular flexibility index (Phi) is 6.64. The largest absolute Gasteiger partial charge is 0.512 e. The molecule has 1 N–H and O–H groups in total. The molecule has 0 spiro atoms. The smallest absolute Gasteiger partial charge is 0.155 e. The summed E-state index contributed by atoms with van der Waals surface area (Å²) in [7, 11) is 0. The van der Waals surface area contributed by atoms with E-state index >= 15 is 0 Å². The van der Waals surface area contributed by atoms with Gasteiger partial charge in [0.2, 0.25) is 0 Å². The number of allylic oxidation sites excluding steroid dienone is 2. The molecule has 0 amide bonds. The van der Waals surface area contributed by atoms with Crippen LogP contribution in [0.15, 0.2) is 60.6 Å². The summed E-state index contributed by atoms with van der Waals surface area (Å²) in [5, 5.41) is 12.1. The van der Waals surface area contributed by atoms with Crippen LogP contribution in [-0.4, -0.2) is 20.9 Å². The normalized spacial score (nSPS) is 13.6. The number of nitrogens with zero attached hydrogens (tertiary/aromatic N) is 2. The van der Waals surface area contributed by atoms with Crippen molar-refractivity contribution in [3.05, 3.63) is 83.4 Å². The number of ketones is 1. The Bertz CT molecular complexity index is 1370. The summed E-state index contributed by atoms with van der Waals surface area (Å²) < 4.78 is 0. The van der Waals surface area contributed by atoms with Gasteiger partial charge in [0, 0.05) is 38.6 Å². The van der Waals surface area contributed by atoms with Crippen LogP contribution in [0.4, 0.5) is 0 Å². The molecule has 0 aliphatic heterocycles. The fourth-order valence-electron chi connectivity index (χ4n) is 4.51. The number of carbonyl (C=O) groups is 1. The molecule has 2 aromatic carbocycles. The van der Waals surface area contributed by atoms with Gasteiger partial charge in [0.25, 0.3) is 0 Å². The molecule has 1 aliphatic carbocycles. The van der Waals surface area contributed by atoms with Gasteiger partial charge in [-0.1, -0.05) is 43.0 Å². The number of aliphatic hydroxyl groups excluding tert-OH is 1. The Labute approximate surface area is 201 Å². The average molecular weight is 602 g/mol. The molecule has 0 saturated heterocycles. The van der Waals surface area contributed by atoms with Gasteiger partial charge < -0.3 is 15.1 Å². The summed E-state index contributed by atoms with van der Waals surface area (Å²) >= 11 is 0. The maximum atomic E-state index is 10.0. The van der Waals surface area contributed by atoms with Crippen LogP contribution in [0.2, 0.25) is 0 Å². The molecule has 2 aromatic heterocycles. The van der Waals surface area contributed by atoms with Crippen LogP contribution in [0.25, 0.3) is 32.9 Å². The van der Waals surface area contributed by atoms with E-state index in [4.69, 9.17) is 10.1 Å². The van der Waals surface area contributed by atoms with Gasteiger partial charge in [-0.2, -0.15) is 0 Å². The number of fused-ring (bicyclic) bond motifs is 4. The summed E-state index contributed by atoms with van der Waals surface area (Å²) in [6.07, 6.45) is 4.92. The van der Waals surface area contributed by atoms with Crippen molar-refractivity contribution in [1.82, 2.24) is 9.97 Å². The summed E-state index contributed by atoms with van der Waals surface area (Å²) in [6, 6.07) is 16.3. The van der Waals surface area contributed by atoms with E-state index in [1.807, 2.05) is 24.5 Å². The Morgan fingerprint density at radius 2 is 1.88 bits per heavy atom. The molecule has 0 atom stereocenters. The Morgan fingerprint density at radius 3 is 2.53 bits per heavy atom. The third kappa shape index (κ3) is 4.11. The Balaban J connectivity index is 0.000000318. The van der Waals surface area contributed by atoms with Crippen LogP contribution >= 0.6 is 0 Å². The number of aryl methyl sites for hydroxylation is 1. The quantitative estimate of drug-likeness (QED) is 0.160. The van der Waals surface area contributed by atoms with Crippen LogP contribution in [0, 0.1) is 13.0 Å². The maximum absolute atomic E-state index is 10.0. The first-order valence-corrected chi connectivity index (χ1v) is 10.3. The zero-order valence-electron chi connectivity index (χ0n) is 18.8. The van der Waals surface area contributed by atoms with Crippen LogP contribution in [0.3, 0.4) is 0 Å². The van der Waals surface area contributed by atoms with Crippen LogP contribution in [0.1, 0.15) is 44.4 Å². The van der Waals surface area contributed by atoms with Crippen LogP contribution in [-0.2, 0) is 30.3 Å². The van der Waals surface area contributed by atoms with Crippen molar-refractivity contribution in [3.8, 4) is 11.3 Å². The van der Waals surface area contributed by atoms with Crippen molar-refractivity contribution < 1.29 is 30.0 Å². The van der Waals surface area contributed by atoms with Crippen molar-refractivity contribution in [2.75, 3.05) is 0 Å². The van der Waals surface area contributed by atoms with Crippen molar-refractivity contribution in [3.63, 3.8) is 0 Å². The topological polar surface area (TPSA) is 63.1 Å². The second-order valence-corrected chi connectivity index (χ2v) is 8.57. The van der Waals surface area contributed by atoms with Gasteiger partial charge in [-0.05, 0) is 65.9 Å². The first-order valence-electron chi connectivity index (χ1n) is 10.3. The zero-order chi connectivity index (χ0) is 22.3. The second-order valence-electron chi connectivity index (χ2n) is 8.57. The molecule has 1 radical (unpaired) electrons. The molecule has 165 valence electrons. The molecule has 2 heterocycles. The first-order chi connectivity index (χ1) is 14.7. The number of hydrogen-bond donors (Lipinski definition) is 1. The van der Waals surface area contributed by atoms with E-state index in [2.05, 4.69) is 56.1 Å². The number of aliphatic hydroxyl groups is 1. The van der Waals surface area contributed by atoms with E-state index in [1.165, 1.54) is 52.8 Å². The molecule has 4 nitrogen and oxygen atoms in total. The van der Waals surface area contributed by atoms with E-state index in [1.54, 1.807) is 0 Å². The van der Waals surface area contributed by atoms with Crippen LogP contribution in [0.5, 0.6) is 0 Å². The van der Waals surface area contributed by atoms with Crippen molar-refractivity contribution in [2.45, 2.75) is 40.0 Å². The third-order valence-electron chi connectivity index (χ3n) is 5.67. The first kappa shape index (κ1) is 23.8. The molecular formula is C27H25IrN2O2-. The molecule has 5 rings (SSSR count). The fraction of sp³-hybridized carbons (Fsp3) is 0.222. The molecule has 1 aliphatic rings. The molecule has 0 unspecified atom stereocenters. The van der Waals surface area contributed by atoms with E-state index in [0.29, 0.717) is 0 Å². The minimum Gasteiger partial charge on any atom is -0.512 e. The van der Waals surface area contributed by atoms with Crippen LogP contribution < -0.4 is 0 Å². The monoisotopic (exact) mass is 602 g/mol. The van der Waals surface area contributed by atoms with Crippen molar-refractivity contribution in [1.29, 1.82) is 0 Å². The maximum Gasteiger partial charge on any atom is 0.155 e. The number of benzene rings is 2. The molecule has 4 aromatic rings. The summed E-state index contributed by atoms with van der Waals surface area (Å²) in [4.78, 5) is 19.3. The molecule has 0 fully saturated rings. The minimum absolute atomic E-state index is 0. The summed E-state index contributed by atoms with van der Waals surface area (Å²) in [5.74, 6) is -0.0625. The van der Waals surface area contributed by atoms with E-state index in [-0.39, 0.29) is 37.1 Å². The SMILES string of the molecule is CC(=O)/C=C(/C)O.Cc1cc2c3c(nccc3c1)-c1[c-]cc3ncccc3c1C2(C)C.[Ir]. The average Bonchev–Trinajstić information content (AvgIpc) is 2.70. The number of pyridine rings is 2. The predicted octanol–water partition coefficient (Wildman–Crippen LogP) is 6.23. The second kappa shape index (κ2) is 8.93. The van der Waals surface area contributed by atoms with Gasteiger partial charge in [-0.15, -0.1) is 23.3 Å². The van der Waals surface area contributed by atoms with Gasteiger partial charge in [0.05, 0.1) is 5.76 Å². The molecule has 32 heavy (non-hydrogen) atoms. The van der Waals surface area contributed by atoms with Gasteiger partial charge in [0.1, 0.15) is 0 Å². The fourth-order valence-corrected chi connectivity index (χ4v) is 4.51. The van der Waals surface area contributed by atoms with E-state index in [9.17, 15) is 4.79 Å². The van der Waals surface area contributed by atoms with E-state index < -0.39 is 0 Å². The van der Waals surface area contributed by atoms with Gasteiger partial charge in [-0.3, -0.25) is 4.79 Å². The van der Waals surface area contributed by atoms with Crippen molar-refractivity contribution >= 4 is 27.5 Å².